The molecule has 0 amide bonds. The molecule has 1 aromatic heterocycles. The van der Waals surface area contributed by atoms with Gasteiger partial charge < -0.3 is 10.6 Å². The molecule has 0 bridgehead atoms. The van der Waals surface area contributed by atoms with Crippen LogP contribution in [0.5, 0.6) is 0 Å². The van der Waals surface area contributed by atoms with E-state index in [0.29, 0.717) is 0 Å². The van der Waals surface area contributed by atoms with E-state index in [-0.39, 0.29) is 5.54 Å². The fourth-order valence-corrected chi connectivity index (χ4v) is 2.24. The lowest BCUT2D eigenvalue weighted by Crippen LogP contribution is -2.40. The number of hydrogen-bond acceptors (Lipinski definition) is 3. The first-order valence-corrected chi connectivity index (χ1v) is 7.35. The lowest BCUT2D eigenvalue weighted by atomic mass is 10.1. The number of aromatic nitrogens is 1. The second kappa shape index (κ2) is 6.82. The first kappa shape index (κ1) is 14.9. The van der Waals surface area contributed by atoms with Gasteiger partial charge in [-0.05, 0) is 45.4 Å². The Hall–Kier alpha value is -1.45. The smallest absolute Gasteiger partial charge is 0.0734 e. The number of fused-ring (bicyclic) bond motifs is 1. The summed E-state index contributed by atoms with van der Waals surface area (Å²) in [5.74, 6) is 0. The van der Waals surface area contributed by atoms with Crippen LogP contribution in [0.1, 0.15) is 26.3 Å². The van der Waals surface area contributed by atoms with Crippen molar-refractivity contribution in [3.05, 3.63) is 42.1 Å². The van der Waals surface area contributed by atoms with Crippen molar-refractivity contribution >= 4 is 10.9 Å². The van der Waals surface area contributed by atoms with Gasteiger partial charge in [0, 0.05) is 30.2 Å². The fourth-order valence-electron chi connectivity index (χ4n) is 2.24. The summed E-state index contributed by atoms with van der Waals surface area (Å²) in [6.45, 7) is 9.55. The van der Waals surface area contributed by atoms with Gasteiger partial charge >= 0.3 is 0 Å². The van der Waals surface area contributed by atoms with E-state index in [1.807, 2.05) is 12.3 Å². The van der Waals surface area contributed by atoms with Crippen molar-refractivity contribution in [3.63, 3.8) is 0 Å². The summed E-state index contributed by atoms with van der Waals surface area (Å²) in [6.07, 6.45) is 2.89. The van der Waals surface area contributed by atoms with Gasteiger partial charge in [-0.2, -0.15) is 0 Å². The van der Waals surface area contributed by atoms with Crippen molar-refractivity contribution in [1.82, 2.24) is 15.6 Å². The lowest BCUT2D eigenvalue weighted by molar-refractivity contribution is 0.422. The van der Waals surface area contributed by atoms with Gasteiger partial charge in [-0.25, -0.2) is 0 Å². The minimum absolute atomic E-state index is 0.196. The van der Waals surface area contributed by atoms with Crippen LogP contribution in [0.25, 0.3) is 10.9 Å². The van der Waals surface area contributed by atoms with Gasteiger partial charge in [0.1, 0.15) is 0 Å². The van der Waals surface area contributed by atoms with Gasteiger partial charge in [0.15, 0.2) is 0 Å². The van der Waals surface area contributed by atoms with Crippen LogP contribution in [0.3, 0.4) is 0 Å². The Bertz CT molecular complexity index is 538. The van der Waals surface area contributed by atoms with E-state index in [1.165, 1.54) is 10.9 Å². The third kappa shape index (κ3) is 4.58. The first-order valence-electron chi connectivity index (χ1n) is 7.35. The van der Waals surface area contributed by atoms with Crippen molar-refractivity contribution < 1.29 is 0 Å². The quantitative estimate of drug-likeness (QED) is 0.793. The van der Waals surface area contributed by atoms with Gasteiger partial charge in [0.25, 0.3) is 0 Å². The number of para-hydroxylation sites is 1. The molecule has 3 nitrogen and oxygen atoms in total. The van der Waals surface area contributed by atoms with E-state index >= 15 is 0 Å². The largest absolute Gasteiger partial charge is 0.315 e. The minimum atomic E-state index is 0.196. The molecule has 0 unspecified atom stereocenters. The van der Waals surface area contributed by atoms with E-state index in [0.717, 1.165) is 31.6 Å². The molecule has 0 aliphatic carbocycles. The van der Waals surface area contributed by atoms with Gasteiger partial charge in [0.2, 0.25) is 0 Å². The van der Waals surface area contributed by atoms with Gasteiger partial charge in [0.05, 0.1) is 5.52 Å². The highest BCUT2D eigenvalue weighted by Crippen LogP contribution is 2.15. The van der Waals surface area contributed by atoms with E-state index in [9.17, 15) is 0 Å². The summed E-state index contributed by atoms with van der Waals surface area (Å²) in [7, 11) is 0. The van der Waals surface area contributed by atoms with Crippen molar-refractivity contribution in [2.45, 2.75) is 32.7 Å². The molecule has 2 rings (SSSR count). The van der Waals surface area contributed by atoms with Crippen LogP contribution in [0.15, 0.2) is 36.5 Å². The Morgan fingerprint density at radius 2 is 1.80 bits per heavy atom. The molecule has 0 atom stereocenters. The summed E-state index contributed by atoms with van der Waals surface area (Å²) in [4.78, 5) is 4.49. The SMILES string of the molecule is CC(C)(C)NCCNCCc1cccc2cccnc12. The van der Waals surface area contributed by atoms with Crippen LogP contribution in [-0.4, -0.2) is 30.2 Å². The Kier molecular flexibility index (Phi) is 5.10. The summed E-state index contributed by atoms with van der Waals surface area (Å²) in [5.41, 5.74) is 2.64. The van der Waals surface area contributed by atoms with E-state index in [1.54, 1.807) is 0 Å². The van der Waals surface area contributed by atoms with Crippen LogP contribution < -0.4 is 10.6 Å². The Labute approximate surface area is 121 Å². The summed E-state index contributed by atoms with van der Waals surface area (Å²) >= 11 is 0. The van der Waals surface area contributed by atoms with Crippen molar-refractivity contribution in [1.29, 1.82) is 0 Å². The summed E-state index contributed by atoms with van der Waals surface area (Å²) in [6, 6.07) is 10.5. The maximum Gasteiger partial charge on any atom is 0.0734 e. The van der Waals surface area contributed by atoms with Gasteiger partial charge in [-0.1, -0.05) is 24.3 Å². The fraction of sp³-hybridized carbons (Fsp3) is 0.471. The molecular weight excluding hydrogens is 246 g/mol. The van der Waals surface area contributed by atoms with E-state index in [4.69, 9.17) is 0 Å². The van der Waals surface area contributed by atoms with Crippen LogP contribution in [0, 0.1) is 0 Å². The standard InChI is InChI=1S/C17H25N3/c1-17(2,3)20-13-12-18-11-9-15-7-4-6-14-8-5-10-19-16(14)15/h4-8,10,18,20H,9,11-13H2,1-3H3. The Balaban J connectivity index is 1.79. The summed E-state index contributed by atoms with van der Waals surface area (Å²) in [5, 5.41) is 8.18. The van der Waals surface area contributed by atoms with Gasteiger partial charge in [-0.15, -0.1) is 0 Å². The van der Waals surface area contributed by atoms with E-state index in [2.05, 4.69) is 60.7 Å². The number of nitrogens with one attached hydrogen (secondary N) is 2. The lowest BCUT2D eigenvalue weighted by Gasteiger charge is -2.20. The second-order valence-corrected chi connectivity index (χ2v) is 6.17. The number of benzene rings is 1. The molecular formula is C17H25N3. The van der Waals surface area contributed by atoms with Crippen LogP contribution in [0.2, 0.25) is 0 Å². The molecule has 0 radical (unpaired) electrons. The predicted octanol–water partition coefficient (Wildman–Crippen LogP) is 2.76. The zero-order valence-electron chi connectivity index (χ0n) is 12.7. The molecule has 20 heavy (non-hydrogen) atoms. The molecule has 1 aromatic carbocycles. The summed E-state index contributed by atoms with van der Waals surface area (Å²) < 4.78 is 0. The molecule has 0 aliphatic rings. The zero-order chi connectivity index (χ0) is 14.4. The van der Waals surface area contributed by atoms with Crippen molar-refractivity contribution in [2.24, 2.45) is 0 Å². The maximum absolute atomic E-state index is 4.49. The zero-order valence-corrected chi connectivity index (χ0v) is 12.7. The second-order valence-electron chi connectivity index (χ2n) is 6.17. The first-order chi connectivity index (χ1) is 9.56. The van der Waals surface area contributed by atoms with Crippen molar-refractivity contribution in [3.8, 4) is 0 Å². The molecule has 0 spiro atoms. The normalized spacial score (nSPS) is 11.9. The van der Waals surface area contributed by atoms with Crippen LogP contribution >= 0.6 is 0 Å². The van der Waals surface area contributed by atoms with Crippen LogP contribution in [0.4, 0.5) is 0 Å². The highest BCUT2D eigenvalue weighted by Gasteiger charge is 2.07. The average molecular weight is 271 g/mol. The highest BCUT2D eigenvalue weighted by atomic mass is 15.0. The predicted molar refractivity (Wildman–Crippen MR) is 86.1 cm³/mol. The third-order valence-electron chi connectivity index (χ3n) is 3.24. The Morgan fingerprint density at radius 1 is 1.00 bits per heavy atom. The van der Waals surface area contributed by atoms with Crippen molar-refractivity contribution in [2.75, 3.05) is 19.6 Å². The molecule has 3 heteroatoms. The molecule has 2 N–H and O–H groups in total. The number of pyridine rings is 1. The average Bonchev–Trinajstić information content (AvgIpc) is 2.41. The monoisotopic (exact) mass is 271 g/mol. The minimum Gasteiger partial charge on any atom is -0.315 e. The highest BCUT2D eigenvalue weighted by molar-refractivity contribution is 5.81. The number of nitrogens with zero attached hydrogens (tertiary/aromatic N) is 1. The molecule has 2 aromatic rings. The molecule has 0 saturated carbocycles. The van der Waals surface area contributed by atoms with Crippen LogP contribution in [-0.2, 0) is 6.42 Å². The number of hydrogen-bond donors (Lipinski definition) is 2. The Morgan fingerprint density at radius 3 is 2.60 bits per heavy atom. The molecule has 1 heterocycles. The molecule has 0 aliphatic heterocycles. The van der Waals surface area contributed by atoms with E-state index < -0.39 is 0 Å². The molecule has 108 valence electrons. The molecule has 0 saturated heterocycles. The number of rotatable bonds is 6. The molecule has 0 fully saturated rings. The third-order valence-corrected chi connectivity index (χ3v) is 3.24. The topological polar surface area (TPSA) is 37.0 Å². The maximum atomic E-state index is 4.49. The van der Waals surface area contributed by atoms with Gasteiger partial charge in [-0.3, -0.25) is 4.98 Å².